The lowest BCUT2D eigenvalue weighted by atomic mass is 9.82. The van der Waals surface area contributed by atoms with Gasteiger partial charge in [-0.05, 0) is 25.8 Å². The molecule has 160 valence electrons. The first-order valence-corrected chi connectivity index (χ1v) is 10.8. The van der Waals surface area contributed by atoms with E-state index >= 15 is 0 Å². The zero-order chi connectivity index (χ0) is 21.0. The summed E-state index contributed by atoms with van der Waals surface area (Å²) in [6, 6.07) is 7.79. The molecule has 3 heterocycles. The molecule has 30 heavy (non-hydrogen) atoms. The van der Waals surface area contributed by atoms with E-state index in [-0.39, 0.29) is 17.9 Å². The minimum absolute atomic E-state index is 0.0202. The van der Waals surface area contributed by atoms with Gasteiger partial charge in [-0.3, -0.25) is 14.3 Å². The SMILES string of the molecule is CCN1CC[C@@]2(CCC1=O)C[C@H](NC(=O)CCCn1cncn1)c1ccccc1O2. The number of nitrogens with zero attached hydrogens (tertiary/aromatic N) is 4. The highest BCUT2D eigenvalue weighted by molar-refractivity contribution is 5.77. The molecule has 1 aromatic heterocycles. The van der Waals surface area contributed by atoms with Gasteiger partial charge in [0.2, 0.25) is 11.8 Å². The van der Waals surface area contributed by atoms with Gasteiger partial charge in [0, 0.05) is 50.9 Å². The van der Waals surface area contributed by atoms with E-state index in [1.54, 1.807) is 11.0 Å². The van der Waals surface area contributed by atoms with E-state index < -0.39 is 5.60 Å². The second-order valence-electron chi connectivity index (χ2n) is 8.13. The molecule has 1 N–H and O–H groups in total. The number of ether oxygens (including phenoxy) is 1. The lowest BCUT2D eigenvalue weighted by Crippen LogP contribution is -2.46. The van der Waals surface area contributed by atoms with Crippen molar-refractivity contribution in [2.45, 2.75) is 63.6 Å². The molecule has 2 aliphatic heterocycles. The Hall–Kier alpha value is -2.90. The summed E-state index contributed by atoms with van der Waals surface area (Å²) < 4.78 is 8.20. The van der Waals surface area contributed by atoms with Crippen LogP contribution in [0.4, 0.5) is 0 Å². The third kappa shape index (κ3) is 4.47. The molecule has 2 aromatic rings. The van der Waals surface area contributed by atoms with Crippen LogP contribution in [0.3, 0.4) is 0 Å². The number of carbonyl (C=O) groups is 2. The Labute approximate surface area is 176 Å². The Morgan fingerprint density at radius 3 is 3.00 bits per heavy atom. The van der Waals surface area contributed by atoms with Crippen LogP contribution in [-0.2, 0) is 16.1 Å². The predicted molar refractivity (Wildman–Crippen MR) is 111 cm³/mol. The number of para-hydroxylation sites is 1. The Morgan fingerprint density at radius 1 is 1.33 bits per heavy atom. The first-order valence-electron chi connectivity index (χ1n) is 10.8. The number of hydrogen-bond acceptors (Lipinski definition) is 5. The fourth-order valence-electron chi connectivity index (χ4n) is 4.49. The second kappa shape index (κ2) is 8.85. The lowest BCUT2D eigenvalue weighted by molar-refractivity contribution is -0.130. The van der Waals surface area contributed by atoms with Crippen molar-refractivity contribution >= 4 is 11.8 Å². The number of fused-ring (bicyclic) bond motifs is 1. The van der Waals surface area contributed by atoms with Gasteiger partial charge in [-0.15, -0.1) is 0 Å². The van der Waals surface area contributed by atoms with Crippen molar-refractivity contribution in [1.29, 1.82) is 0 Å². The predicted octanol–water partition coefficient (Wildman–Crippen LogP) is 2.47. The van der Waals surface area contributed by atoms with E-state index in [4.69, 9.17) is 4.74 Å². The Balaban J connectivity index is 1.45. The second-order valence-corrected chi connectivity index (χ2v) is 8.13. The van der Waals surface area contributed by atoms with Gasteiger partial charge in [0.15, 0.2) is 0 Å². The number of hydrogen-bond donors (Lipinski definition) is 1. The molecule has 2 amide bonds. The topological polar surface area (TPSA) is 89.4 Å². The molecule has 1 fully saturated rings. The molecule has 1 saturated heterocycles. The van der Waals surface area contributed by atoms with Crippen LogP contribution in [0, 0.1) is 0 Å². The highest BCUT2D eigenvalue weighted by Gasteiger charge is 2.43. The minimum atomic E-state index is -0.424. The Kier molecular flexibility index (Phi) is 6.01. The van der Waals surface area contributed by atoms with Gasteiger partial charge in [0.25, 0.3) is 0 Å². The molecule has 0 radical (unpaired) electrons. The number of amides is 2. The lowest BCUT2D eigenvalue weighted by Gasteiger charge is -2.42. The van der Waals surface area contributed by atoms with E-state index in [1.807, 2.05) is 36.1 Å². The number of aryl methyl sites for hydroxylation is 1. The van der Waals surface area contributed by atoms with Gasteiger partial charge >= 0.3 is 0 Å². The molecule has 0 unspecified atom stereocenters. The van der Waals surface area contributed by atoms with Crippen LogP contribution >= 0.6 is 0 Å². The molecule has 2 atom stereocenters. The van der Waals surface area contributed by atoms with E-state index in [0.717, 1.165) is 24.3 Å². The summed E-state index contributed by atoms with van der Waals surface area (Å²) in [5.41, 5.74) is 0.586. The molecular weight excluding hydrogens is 382 g/mol. The van der Waals surface area contributed by atoms with Crippen molar-refractivity contribution in [1.82, 2.24) is 25.0 Å². The molecule has 1 aromatic carbocycles. The summed E-state index contributed by atoms with van der Waals surface area (Å²) in [6.45, 7) is 4.08. The van der Waals surface area contributed by atoms with E-state index in [2.05, 4.69) is 15.4 Å². The third-order valence-corrected chi connectivity index (χ3v) is 6.16. The quantitative estimate of drug-likeness (QED) is 0.789. The van der Waals surface area contributed by atoms with Crippen molar-refractivity contribution in [3.63, 3.8) is 0 Å². The zero-order valence-corrected chi connectivity index (χ0v) is 17.4. The summed E-state index contributed by atoms with van der Waals surface area (Å²) in [6.07, 6.45) is 6.89. The highest BCUT2D eigenvalue weighted by atomic mass is 16.5. The molecule has 0 aliphatic carbocycles. The van der Waals surface area contributed by atoms with Crippen LogP contribution in [0.5, 0.6) is 5.75 Å². The Bertz CT molecular complexity index is 885. The van der Waals surface area contributed by atoms with Crippen LogP contribution in [0.2, 0.25) is 0 Å². The first kappa shape index (κ1) is 20.4. The van der Waals surface area contributed by atoms with E-state index in [0.29, 0.717) is 45.2 Å². The van der Waals surface area contributed by atoms with Crippen molar-refractivity contribution in [2.24, 2.45) is 0 Å². The number of likely N-dealkylation sites (tertiary alicyclic amines) is 1. The number of carbonyl (C=O) groups excluding carboxylic acids is 2. The van der Waals surface area contributed by atoms with Gasteiger partial charge in [0.05, 0.1) is 6.04 Å². The first-order chi connectivity index (χ1) is 14.6. The zero-order valence-electron chi connectivity index (χ0n) is 17.4. The largest absolute Gasteiger partial charge is 0.487 e. The fourth-order valence-corrected chi connectivity index (χ4v) is 4.49. The minimum Gasteiger partial charge on any atom is -0.487 e. The molecule has 2 aliphatic rings. The van der Waals surface area contributed by atoms with Gasteiger partial charge in [-0.2, -0.15) is 5.10 Å². The fraction of sp³-hybridized carbons (Fsp3) is 0.545. The molecule has 8 nitrogen and oxygen atoms in total. The number of benzene rings is 1. The van der Waals surface area contributed by atoms with Gasteiger partial charge in [-0.25, -0.2) is 4.98 Å². The average Bonchev–Trinajstić information content (AvgIpc) is 3.21. The summed E-state index contributed by atoms with van der Waals surface area (Å²) >= 11 is 0. The van der Waals surface area contributed by atoms with E-state index in [9.17, 15) is 9.59 Å². The number of rotatable bonds is 6. The summed E-state index contributed by atoms with van der Waals surface area (Å²) in [5, 5.41) is 7.29. The summed E-state index contributed by atoms with van der Waals surface area (Å²) in [4.78, 5) is 30.9. The van der Waals surface area contributed by atoms with E-state index in [1.165, 1.54) is 6.33 Å². The van der Waals surface area contributed by atoms with Crippen LogP contribution in [0.15, 0.2) is 36.9 Å². The third-order valence-electron chi connectivity index (χ3n) is 6.16. The average molecular weight is 412 g/mol. The van der Waals surface area contributed by atoms with Crippen LogP contribution in [0.1, 0.15) is 57.1 Å². The van der Waals surface area contributed by atoms with Crippen molar-refractivity contribution in [3.8, 4) is 5.75 Å². The van der Waals surface area contributed by atoms with Crippen molar-refractivity contribution < 1.29 is 14.3 Å². The Morgan fingerprint density at radius 2 is 2.20 bits per heavy atom. The highest BCUT2D eigenvalue weighted by Crippen LogP contribution is 2.44. The number of aromatic nitrogens is 3. The maximum Gasteiger partial charge on any atom is 0.222 e. The number of nitrogens with one attached hydrogen (secondary N) is 1. The van der Waals surface area contributed by atoms with Crippen LogP contribution in [0.25, 0.3) is 0 Å². The summed E-state index contributed by atoms with van der Waals surface area (Å²) in [5.74, 6) is 1.02. The molecular formula is C22H29N5O3. The van der Waals surface area contributed by atoms with Gasteiger partial charge in [0.1, 0.15) is 24.0 Å². The maximum absolute atomic E-state index is 12.7. The molecule has 1 spiro atoms. The van der Waals surface area contributed by atoms with Gasteiger partial charge in [-0.1, -0.05) is 18.2 Å². The molecule has 0 saturated carbocycles. The van der Waals surface area contributed by atoms with Gasteiger partial charge < -0.3 is 15.0 Å². The van der Waals surface area contributed by atoms with Crippen molar-refractivity contribution in [2.75, 3.05) is 13.1 Å². The van der Waals surface area contributed by atoms with Crippen LogP contribution < -0.4 is 10.1 Å². The van der Waals surface area contributed by atoms with Crippen molar-refractivity contribution in [3.05, 3.63) is 42.5 Å². The maximum atomic E-state index is 12.7. The molecule has 4 rings (SSSR count). The standard InChI is InChI=1S/C22H29N5O3/c1-2-26-13-11-22(10-9-21(26)29)14-18(17-6-3-4-7-19(17)30-22)25-20(28)8-5-12-27-16-23-15-24-27/h3-4,6-7,15-16,18H,2,5,8-14H2,1H3,(H,25,28)/t18-,22-/m0/s1. The van der Waals surface area contributed by atoms with Crippen LogP contribution in [-0.4, -0.2) is 50.2 Å². The monoisotopic (exact) mass is 411 g/mol. The summed E-state index contributed by atoms with van der Waals surface area (Å²) in [7, 11) is 0. The molecule has 8 heteroatoms. The molecule has 0 bridgehead atoms. The smallest absolute Gasteiger partial charge is 0.222 e. The normalized spacial score (nSPS) is 23.6.